The molecule has 1 amide bonds. The van der Waals surface area contributed by atoms with Gasteiger partial charge in [0.2, 0.25) is 5.91 Å². The zero-order valence-electron chi connectivity index (χ0n) is 13.9. The fourth-order valence-corrected chi connectivity index (χ4v) is 4.43. The molecule has 4 rings (SSSR count). The first-order chi connectivity index (χ1) is 11.6. The van der Waals surface area contributed by atoms with Crippen molar-refractivity contribution in [1.29, 1.82) is 0 Å². The maximum Gasteiger partial charge on any atom is 0.291 e. The summed E-state index contributed by atoms with van der Waals surface area (Å²) in [6.45, 7) is 4.73. The zero-order chi connectivity index (χ0) is 16.8. The number of aryl methyl sites for hydroxylation is 1. The molecule has 0 N–H and O–H groups in total. The summed E-state index contributed by atoms with van der Waals surface area (Å²) in [7, 11) is 0. The van der Waals surface area contributed by atoms with Crippen molar-refractivity contribution in [3.05, 3.63) is 33.7 Å². The molecule has 0 spiro atoms. The Morgan fingerprint density at radius 2 is 2.21 bits per heavy atom. The van der Waals surface area contributed by atoms with Gasteiger partial charge >= 0.3 is 0 Å². The van der Waals surface area contributed by atoms with Gasteiger partial charge in [-0.05, 0) is 50.6 Å². The third-order valence-electron chi connectivity index (χ3n) is 4.87. The van der Waals surface area contributed by atoms with Crippen molar-refractivity contribution in [2.24, 2.45) is 0 Å². The molecule has 0 radical (unpaired) electrons. The van der Waals surface area contributed by atoms with E-state index < -0.39 is 0 Å². The van der Waals surface area contributed by atoms with Crippen LogP contribution in [-0.2, 0) is 11.3 Å². The lowest BCUT2D eigenvalue weighted by Crippen LogP contribution is -2.45. The molecule has 1 atom stereocenters. The normalized spacial score (nSPS) is 18.6. The summed E-state index contributed by atoms with van der Waals surface area (Å²) in [6, 6.07) is 4.12. The Kier molecular flexibility index (Phi) is 3.68. The average Bonchev–Trinajstić information content (AvgIpc) is 3.13. The van der Waals surface area contributed by atoms with Crippen LogP contribution in [0.2, 0.25) is 0 Å². The molecule has 126 valence electrons. The smallest absolute Gasteiger partial charge is 0.291 e. The maximum absolute atomic E-state index is 12.8. The molecule has 1 unspecified atom stereocenters. The number of rotatable bonds is 2. The first-order valence-electron chi connectivity index (χ1n) is 8.32. The number of aromatic nitrogens is 3. The van der Waals surface area contributed by atoms with Crippen molar-refractivity contribution < 1.29 is 4.79 Å². The minimum absolute atomic E-state index is 0.0132. The highest BCUT2D eigenvalue weighted by molar-refractivity contribution is 7.17. The number of hydrogen-bond acceptors (Lipinski definition) is 4. The van der Waals surface area contributed by atoms with Crippen LogP contribution in [0.4, 0.5) is 0 Å². The van der Waals surface area contributed by atoms with Crippen LogP contribution in [0, 0.1) is 6.92 Å². The van der Waals surface area contributed by atoms with E-state index >= 15 is 0 Å². The summed E-state index contributed by atoms with van der Waals surface area (Å²) < 4.78 is 4.25. The van der Waals surface area contributed by atoms with Crippen LogP contribution in [0.3, 0.4) is 0 Å². The molecular weight excluding hydrogens is 324 g/mol. The molecular formula is C17H20N4O2S. The number of carbonyl (C=O) groups excluding carboxylic acids is 1. The van der Waals surface area contributed by atoms with Gasteiger partial charge in [0.25, 0.3) is 5.56 Å². The Hall–Kier alpha value is -2.15. The van der Waals surface area contributed by atoms with Crippen LogP contribution in [0.5, 0.6) is 0 Å². The number of nitrogens with zero attached hydrogens (tertiary/aromatic N) is 4. The van der Waals surface area contributed by atoms with Crippen LogP contribution < -0.4 is 5.56 Å². The van der Waals surface area contributed by atoms with E-state index in [9.17, 15) is 9.59 Å². The summed E-state index contributed by atoms with van der Waals surface area (Å²) in [5, 5.41) is 6.39. The number of piperidine rings is 1. The van der Waals surface area contributed by atoms with Gasteiger partial charge in [0, 0.05) is 12.6 Å². The molecule has 1 fully saturated rings. The van der Waals surface area contributed by atoms with Crippen molar-refractivity contribution in [3.8, 4) is 0 Å². The summed E-state index contributed by atoms with van der Waals surface area (Å²) >= 11 is 1.60. The second kappa shape index (κ2) is 5.73. The topological polar surface area (TPSA) is 59.6 Å². The predicted octanol–water partition coefficient (Wildman–Crippen LogP) is 2.42. The molecule has 0 aliphatic carbocycles. The van der Waals surface area contributed by atoms with Crippen LogP contribution >= 0.6 is 11.3 Å². The van der Waals surface area contributed by atoms with E-state index in [2.05, 4.69) is 12.0 Å². The quantitative estimate of drug-likeness (QED) is 0.717. The van der Waals surface area contributed by atoms with Gasteiger partial charge in [0.05, 0.1) is 10.2 Å². The second-order valence-electron chi connectivity index (χ2n) is 6.48. The molecule has 3 aromatic heterocycles. The molecule has 3 aromatic rings. The number of thiophene rings is 1. The van der Waals surface area contributed by atoms with Crippen LogP contribution in [0.1, 0.15) is 32.0 Å². The summed E-state index contributed by atoms with van der Waals surface area (Å²) in [6.07, 6.45) is 3.22. The summed E-state index contributed by atoms with van der Waals surface area (Å²) in [5.74, 6) is 0.700. The highest BCUT2D eigenvalue weighted by Gasteiger charge is 2.24. The standard InChI is InChI=1S/C17H20N4O2S/c1-11-5-3-4-7-19(11)16(22)10-20-17(23)14-9-15-13(6-8-24-15)21(14)12(2)18-20/h6,8-9,11H,3-5,7,10H2,1-2H3. The second-order valence-corrected chi connectivity index (χ2v) is 7.42. The summed E-state index contributed by atoms with van der Waals surface area (Å²) in [4.78, 5) is 27.3. The first-order valence-corrected chi connectivity index (χ1v) is 9.20. The van der Waals surface area contributed by atoms with Gasteiger partial charge in [-0.3, -0.25) is 14.0 Å². The van der Waals surface area contributed by atoms with Crippen LogP contribution in [0.25, 0.3) is 15.7 Å². The molecule has 0 aromatic carbocycles. The highest BCUT2D eigenvalue weighted by atomic mass is 32.1. The molecule has 7 heteroatoms. The zero-order valence-corrected chi connectivity index (χ0v) is 14.7. The molecule has 0 bridgehead atoms. The maximum atomic E-state index is 12.8. The summed E-state index contributed by atoms with van der Waals surface area (Å²) in [5.41, 5.74) is 1.38. The minimum Gasteiger partial charge on any atom is -0.338 e. The van der Waals surface area contributed by atoms with Gasteiger partial charge in [-0.2, -0.15) is 5.10 Å². The molecule has 6 nitrogen and oxygen atoms in total. The molecule has 4 heterocycles. The third-order valence-corrected chi connectivity index (χ3v) is 5.73. The average molecular weight is 344 g/mol. The van der Waals surface area contributed by atoms with Gasteiger partial charge in [-0.15, -0.1) is 11.3 Å². The van der Waals surface area contributed by atoms with Crippen molar-refractivity contribution in [3.63, 3.8) is 0 Å². The Labute approximate surface area is 143 Å². The van der Waals surface area contributed by atoms with E-state index in [1.807, 2.05) is 33.7 Å². The fraction of sp³-hybridized carbons (Fsp3) is 0.471. The number of amides is 1. The monoisotopic (exact) mass is 344 g/mol. The van der Waals surface area contributed by atoms with Gasteiger partial charge in [0.1, 0.15) is 17.9 Å². The lowest BCUT2D eigenvalue weighted by atomic mass is 10.0. The van der Waals surface area contributed by atoms with Crippen molar-refractivity contribution in [2.45, 2.75) is 45.7 Å². The lowest BCUT2D eigenvalue weighted by molar-refractivity contribution is -0.135. The first kappa shape index (κ1) is 15.4. The molecule has 1 aliphatic heterocycles. The van der Waals surface area contributed by atoms with E-state index in [-0.39, 0.29) is 24.1 Å². The van der Waals surface area contributed by atoms with Crippen LogP contribution in [0.15, 0.2) is 22.3 Å². The van der Waals surface area contributed by atoms with E-state index in [1.54, 1.807) is 11.3 Å². The Balaban J connectivity index is 1.73. The van der Waals surface area contributed by atoms with Crippen molar-refractivity contribution >= 4 is 33.0 Å². The van der Waals surface area contributed by atoms with Crippen molar-refractivity contribution in [1.82, 2.24) is 19.1 Å². The van der Waals surface area contributed by atoms with Gasteiger partial charge in [-0.1, -0.05) is 0 Å². The Morgan fingerprint density at radius 3 is 3.00 bits per heavy atom. The number of fused-ring (bicyclic) bond motifs is 3. The lowest BCUT2D eigenvalue weighted by Gasteiger charge is -2.33. The molecule has 0 saturated carbocycles. The molecule has 1 aliphatic rings. The predicted molar refractivity (Wildman–Crippen MR) is 94.6 cm³/mol. The van der Waals surface area contributed by atoms with Gasteiger partial charge in [-0.25, -0.2) is 4.68 Å². The number of likely N-dealkylation sites (tertiary alicyclic amines) is 1. The van der Waals surface area contributed by atoms with E-state index in [4.69, 9.17) is 0 Å². The van der Waals surface area contributed by atoms with Crippen molar-refractivity contribution in [2.75, 3.05) is 6.54 Å². The van der Waals surface area contributed by atoms with Gasteiger partial charge < -0.3 is 4.90 Å². The Bertz CT molecular complexity index is 984. The van der Waals surface area contributed by atoms with Gasteiger partial charge in [0.15, 0.2) is 0 Å². The Morgan fingerprint density at radius 1 is 1.38 bits per heavy atom. The number of carbonyl (C=O) groups is 1. The molecule has 1 saturated heterocycles. The number of hydrogen-bond donors (Lipinski definition) is 0. The SMILES string of the molecule is Cc1nn(CC(=O)N2CCCCC2C)c(=O)c2cc3sccc3n12. The largest absolute Gasteiger partial charge is 0.338 e. The third kappa shape index (κ3) is 2.34. The van der Waals surface area contributed by atoms with E-state index in [0.717, 1.165) is 41.8 Å². The minimum atomic E-state index is -0.206. The fourth-order valence-electron chi connectivity index (χ4n) is 3.62. The molecule has 24 heavy (non-hydrogen) atoms. The highest BCUT2D eigenvalue weighted by Crippen LogP contribution is 2.24. The van der Waals surface area contributed by atoms with E-state index in [1.165, 1.54) is 4.68 Å². The van der Waals surface area contributed by atoms with Crippen LogP contribution in [-0.4, -0.2) is 37.6 Å². The van der Waals surface area contributed by atoms with E-state index in [0.29, 0.717) is 5.52 Å².